The molecule has 1 fully saturated rings. The minimum atomic E-state index is -1.18. The number of rotatable bonds is 3. The van der Waals surface area contributed by atoms with Crippen LogP contribution in [0.5, 0.6) is 0 Å². The Hall–Kier alpha value is -1.00. The van der Waals surface area contributed by atoms with Crippen LogP contribution in [0.2, 0.25) is 0 Å². The van der Waals surface area contributed by atoms with Gasteiger partial charge in [-0.1, -0.05) is 25.8 Å². The van der Waals surface area contributed by atoms with Gasteiger partial charge < -0.3 is 10.8 Å². The molecule has 1 aliphatic carbocycles. The molecule has 0 bridgehead atoms. The van der Waals surface area contributed by atoms with Gasteiger partial charge in [0.2, 0.25) is 0 Å². The van der Waals surface area contributed by atoms with E-state index in [0.29, 0.717) is 18.8 Å². The van der Waals surface area contributed by atoms with E-state index in [1.807, 2.05) is 0 Å². The summed E-state index contributed by atoms with van der Waals surface area (Å²) in [6.45, 7) is 2.33. The first-order valence-electron chi connectivity index (χ1n) is 6.82. The molecule has 1 aromatic rings. The summed E-state index contributed by atoms with van der Waals surface area (Å²) in [6, 6.07) is 3.66. The number of aliphatic hydroxyl groups is 1. The third-order valence-electron chi connectivity index (χ3n) is 4.39. The predicted octanol–water partition coefficient (Wildman–Crippen LogP) is 3.15. The van der Waals surface area contributed by atoms with Gasteiger partial charge in [0.15, 0.2) is 0 Å². The molecule has 106 valence electrons. The van der Waals surface area contributed by atoms with Gasteiger partial charge in [-0.15, -0.1) is 0 Å². The van der Waals surface area contributed by atoms with E-state index < -0.39 is 23.2 Å². The number of halogens is 2. The van der Waals surface area contributed by atoms with Crippen LogP contribution < -0.4 is 5.73 Å². The lowest BCUT2D eigenvalue weighted by molar-refractivity contribution is -0.0172. The summed E-state index contributed by atoms with van der Waals surface area (Å²) in [5.74, 6) is -0.973. The zero-order valence-corrected chi connectivity index (χ0v) is 11.2. The van der Waals surface area contributed by atoms with Crippen molar-refractivity contribution in [2.75, 3.05) is 6.54 Å². The zero-order valence-electron chi connectivity index (χ0n) is 11.2. The summed E-state index contributed by atoms with van der Waals surface area (Å²) in [4.78, 5) is 0. The van der Waals surface area contributed by atoms with Gasteiger partial charge in [-0.3, -0.25) is 0 Å². The second-order valence-electron chi connectivity index (χ2n) is 5.81. The Kier molecular flexibility index (Phi) is 4.21. The molecule has 4 heteroatoms. The molecule has 2 nitrogen and oxygen atoms in total. The van der Waals surface area contributed by atoms with Crippen LogP contribution in [0.25, 0.3) is 0 Å². The maximum atomic E-state index is 13.8. The van der Waals surface area contributed by atoms with Crippen molar-refractivity contribution in [2.24, 2.45) is 17.1 Å². The molecule has 0 heterocycles. The fourth-order valence-corrected chi connectivity index (χ4v) is 3.32. The summed E-state index contributed by atoms with van der Waals surface area (Å²) in [5, 5.41) is 10.5. The third-order valence-corrected chi connectivity index (χ3v) is 4.39. The van der Waals surface area contributed by atoms with Gasteiger partial charge in [-0.25, -0.2) is 8.78 Å². The molecular weight excluding hydrogens is 248 g/mol. The molecule has 1 aromatic carbocycles. The van der Waals surface area contributed by atoms with Crippen molar-refractivity contribution in [3.05, 3.63) is 35.4 Å². The Bertz CT molecular complexity index is 432. The predicted molar refractivity (Wildman–Crippen MR) is 70.4 cm³/mol. The Balaban J connectivity index is 2.38. The standard InChI is InChI=1S/C15H21F2NO/c1-10-4-3-7-15(8-10,9-18)14(19)13-11(16)5-2-6-12(13)17/h2,5-6,10,14,19H,3-4,7-9,18H2,1H3. The van der Waals surface area contributed by atoms with Crippen molar-refractivity contribution in [1.29, 1.82) is 0 Å². The van der Waals surface area contributed by atoms with Crippen LogP contribution in [-0.2, 0) is 0 Å². The molecule has 0 aromatic heterocycles. The summed E-state index contributed by atoms with van der Waals surface area (Å²) >= 11 is 0. The second-order valence-corrected chi connectivity index (χ2v) is 5.81. The highest BCUT2D eigenvalue weighted by atomic mass is 19.1. The van der Waals surface area contributed by atoms with Crippen LogP contribution in [0.15, 0.2) is 18.2 Å². The van der Waals surface area contributed by atoms with Gasteiger partial charge in [0, 0.05) is 12.0 Å². The van der Waals surface area contributed by atoms with Crippen LogP contribution in [-0.4, -0.2) is 11.7 Å². The molecule has 1 saturated carbocycles. The molecule has 3 unspecified atom stereocenters. The molecule has 0 radical (unpaired) electrons. The minimum Gasteiger partial charge on any atom is -0.388 e. The third kappa shape index (κ3) is 2.65. The molecule has 1 aliphatic rings. The molecule has 3 atom stereocenters. The minimum absolute atomic E-state index is 0.234. The first-order chi connectivity index (χ1) is 9.00. The molecule has 19 heavy (non-hydrogen) atoms. The maximum Gasteiger partial charge on any atom is 0.131 e. The average Bonchev–Trinajstić information content (AvgIpc) is 2.38. The molecule has 0 aliphatic heterocycles. The smallest absolute Gasteiger partial charge is 0.131 e. The summed E-state index contributed by atoms with van der Waals surface area (Å²) < 4.78 is 27.6. The van der Waals surface area contributed by atoms with Gasteiger partial charge in [0.05, 0.1) is 11.7 Å². The summed E-state index contributed by atoms with van der Waals surface area (Å²) in [6.07, 6.45) is 2.25. The van der Waals surface area contributed by atoms with E-state index in [9.17, 15) is 13.9 Å². The van der Waals surface area contributed by atoms with Gasteiger partial charge in [0.25, 0.3) is 0 Å². The highest BCUT2D eigenvalue weighted by molar-refractivity contribution is 5.24. The largest absolute Gasteiger partial charge is 0.388 e. The SMILES string of the molecule is CC1CCCC(CN)(C(O)c2c(F)cccc2F)C1. The normalized spacial score (nSPS) is 29.2. The van der Waals surface area contributed by atoms with E-state index in [1.165, 1.54) is 18.2 Å². The van der Waals surface area contributed by atoms with Crippen molar-refractivity contribution in [3.63, 3.8) is 0 Å². The lowest BCUT2D eigenvalue weighted by Crippen LogP contribution is -2.41. The van der Waals surface area contributed by atoms with Crippen LogP contribution in [0, 0.1) is 23.0 Å². The van der Waals surface area contributed by atoms with Crippen LogP contribution in [0.3, 0.4) is 0 Å². The van der Waals surface area contributed by atoms with Crippen LogP contribution in [0.1, 0.15) is 44.3 Å². The number of benzene rings is 1. The van der Waals surface area contributed by atoms with E-state index in [0.717, 1.165) is 12.8 Å². The molecular formula is C15H21F2NO. The first kappa shape index (κ1) is 14.4. The lowest BCUT2D eigenvalue weighted by Gasteiger charge is -2.43. The molecule has 2 rings (SSSR count). The van der Waals surface area contributed by atoms with E-state index >= 15 is 0 Å². The summed E-state index contributed by atoms with van der Waals surface area (Å²) in [7, 11) is 0. The van der Waals surface area contributed by atoms with E-state index in [1.54, 1.807) is 0 Å². The van der Waals surface area contributed by atoms with Gasteiger partial charge in [-0.2, -0.15) is 0 Å². The molecule has 0 amide bonds. The van der Waals surface area contributed by atoms with Crippen molar-refractivity contribution >= 4 is 0 Å². The Labute approximate surface area is 112 Å². The monoisotopic (exact) mass is 269 g/mol. The zero-order chi connectivity index (χ0) is 14.0. The van der Waals surface area contributed by atoms with Gasteiger partial charge in [-0.05, 0) is 30.9 Å². The van der Waals surface area contributed by atoms with Crippen LogP contribution in [0.4, 0.5) is 8.78 Å². The fourth-order valence-electron chi connectivity index (χ4n) is 3.32. The van der Waals surface area contributed by atoms with E-state index in [-0.39, 0.29) is 12.1 Å². The topological polar surface area (TPSA) is 46.2 Å². The highest BCUT2D eigenvalue weighted by Crippen LogP contribution is 2.48. The lowest BCUT2D eigenvalue weighted by atomic mass is 9.65. The summed E-state index contributed by atoms with van der Waals surface area (Å²) in [5.41, 5.74) is 4.99. The fraction of sp³-hybridized carbons (Fsp3) is 0.600. The number of nitrogens with two attached hydrogens (primary N) is 1. The van der Waals surface area contributed by atoms with Crippen molar-refractivity contribution in [3.8, 4) is 0 Å². The van der Waals surface area contributed by atoms with E-state index in [4.69, 9.17) is 5.73 Å². The maximum absolute atomic E-state index is 13.8. The number of hydrogen-bond acceptors (Lipinski definition) is 2. The Morgan fingerprint density at radius 2 is 2.05 bits per heavy atom. The quantitative estimate of drug-likeness (QED) is 0.885. The van der Waals surface area contributed by atoms with E-state index in [2.05, 4.69) is 6.92 Å². The van der Waals surface area contributed by atoms with Crippen molar-refractivity contribution in [1.82, 2.24) is 0 Å². The molecule has 3 N–H and O–H groups in total. The first-order valence-corrected chi connectivity index (χ1v) is 6.82. The second kappa shape index (κ2) is 5.55. The Morgan fingerprint density at radius 3 is 2.58 bits per heavy atom. The van der Waals surface area contributed by atoms with Crippen molar-refractivity contribution in [2.45, 2.75) is 38.7 Å². The average molecular weight is 269 g/mol. The Morgan fingerprint density at radius 1 is 1.42 bits per heavy atom. The van der Waals surface area contributed by atoms with Crippen molar-refractivity contribution < 1.29 is 13.9 Å². The number of aliphatic hydroxyl groups excluding tert-OH is 1. The highest BCUT2D eigenvalue weighted by Gasteiger charge is 2.42. The molecule has 0 spiro atoms. The molecule has 0 saturated heterocycles. The van der Waals surface area contributed by atoms with Crippen LogP contribution >= 0.6 is 0 Å². The number of hydrogen-bond donors (Lipinski definition) is 2. The van der Waals surface area contributed by atoms with Gasteiger partial charge in [0.1, 0.15) is 11.6 Å². The van der Waals surface area contributed by atoms with Gasteiger partial charge >= 0.3 is 0 Å².